The van der Waals surface area contributed by atoms with Crippen molar-refractivity contribution in [1.82, 2.24) is 4.90 Å². The Bertz CT molecular complexity index is 1450. The number of fused-ring (bicyclic) bond motifs is 1. The second-order valence-corrected chi connectivity index (χ2v) is 9.12. The van der Waals surface area contributed by atoms with Crippen LogP contribution < -0.4 is 9.47 Å². The highest BCUT2D eigenvalue weighted by Crippen LogP contribution is 2.43. The first-order chi connectivity index (χ1) is 18.5. The molecule has 1 unspecified atom stereocenters. The van der Waals surface area contributed by atoms with Crippen LogP contribution in [0.2, 0.25) is 0 Å². The predicted molar refractivity (Wildman–Crippen MR) is 140 cm³/mol. The SMILES string of the molecule is CCCCCOc1ccc(C2C(C(=O)c3cc4ccccc4o3)=C(O)C(=O)N2Cc2ccco2)cc1OC. The maximum atomic E-state index is 13.8. The van der Waals surface area contributed by atoms with E-state index < -0.39 is 23.5 Å². The number of ether oxygens (including phenoxy) is 2. The maximum absolute atomic E-state index is 13.8. The summed E-state index contributed by atoms with van der Waals surface area (Å²) in [7, 11) is 1.53. The van der Waals surface area contributed by atoms with E-state index in [9.17, 15) is 14.7 Å². The Labute approximate surface area is 220 Å². The second-order valence-electron chi connectivity index (χ2n) is 9.12. The Balaban J connectivity index is 1.54. The Kier molecular flexibility index (Phi) is 7.22. The van der Waals surface area contributed by atoms with E-state index >= 15 is 0 Å². The van der Waals surface area contributed by atoms with Crippen molar-refractivity contribution in [2.45, 2.75) is 38.8 Å². The van der Waals surface area contributed by atoms with Crippen molar-refractivity contribution in [3.63, 3.8) is 0 Å². The third-order valence-electron chi connectivity index (χ3n) is 6.61. The number of hydrogen-bond donors (Lipinski definition) is 1. The van der Waals surface area contributed by atoms with E-state index in [0.29, 0.717) is 35.0 Å². The number of aliphatic hydroxyl groups is 1. The van der Waals surface area contributed by atoms with Crippen LogP contribution in [0.1, 0.15) is 54.1 Å². The van der Waals surface area contributed by atoms with Crippen LogP contribution in [0.25, 0.3) is 11.0 Å². The molecule has 1 aliphatic rings. The van der Waals surface area contributed by atoms with E-state index in [2.05, 4.69) is 6.92 Å². The number of nitrogens with zero attached hydrogens (tertiary/aromatic N) is 1. The number of benzene rings is 2. The van der Waals surface area contributed by atoms with Crippen LogP contribution in [-0.2, 0) is 11.3 Å². The van der Waals surface area contributed by atoms with E-state index in [4.69, 9.17) is 18.3 Å². The number of amides is 1. The largest absolute Gasteiger partial charge is 0.503 e. The summed E-state index contributed by atoms with van der Waals surface area (Å²) in [5, 5.41) is 11.7. The lowest BCUT2D eigenvalue weighted by Gasteiger charge is -2.26. The number of Topliss-reactive ketones (excluding diaryl/α,β-unsaturated/α-hetero) is 1. The Hall–Kier alpha value is -4.46. The highest BCUT2D eigenvalue weighted by atomic mass is 16.5. The van der Waals surface area contributed by atoms with Gasteiger partial charge in [-0.25, -0.2) is 0 Å². The number of unbranched alkanes of at least 4 members (excludes halogenated alkanes) is 2. The lowest BCUT2D eigenvalue weighted by molar-refractivity contribution is -0.130. The van der Waals surface area contributed by atoms with Gasteiger partial charge in [-0.2, -0.15) is 0 Å². The van der Waals surface area contributed by atoms with Crippen LogP contribution in [0, 0.1) is 0 Å². The molecule has 0 aliphatic carbocycles. The molecule has 0 bridgehead atoms. The maximum Gasteiger partial charge on any atom is 0.290 e. The van der Waals surface area contributed by atoms with Gasteiger partial charge in [0, 0.05) is 5.39 Å². The fourth-order valence-corrected chi connectivity index (χ4v) is 4.70. The number of furan rings is 2. The van der Waals surface area contributed by atoms with E-state index in [-0.39, 0.29) is 17.9 Å². The summed E-state index contributed by atoms with van der Waals surface area (Å²) in [5.74, 6) is -0.294. The van der Waals surface area contributed by atoms with Gasteiger partial charge in [-0.3, -0.25) is 9.59 Å². The molecule has 1 aliphatic heterocycles. The first-order valence-corrected chi connectivity index (χ1v) is 12.6. The van der Waals surface area contributed by atoms with Crippen molar-refractivity contribution in [1.29, 1.82) is 0 Å². The molecule has 8 nitrogen and oxygen atoms in total. The smallest absolute Gasteiger partial charge is 0.290 e. The summed E-state index contributed by atoms with van der Waals surface area (Å²) >= 11 is 0. The zero-order chi connectivity index (χ0) is 26.6. The number of carbonyl (C=O) groups excluding carboxylic acids is 2. The summed E-state index contributed by atoms with van der Waals surface area (Å²) in [6, 6.07) is 16.6. The van der Waals surface area contributed by atoms with Crippen molar-refractivity contribution >= 4 is 22.7 Å². The molecule has 4 aromatic rings. The molecule has 196 valence electrons. The van der Waals surface area contributed by atoms with Gasteiger partial charge in [0.25, 0.3) is 5.91 Å². The molecule has 38 heavy (non-hydrogen) atoms. The van der Waals surface area contributed by atoms with E-state index in [0.717, 1.165) is 24.6 Å². The molecule has 1 atom stereocenters. The average Bonchev–Trinajstić information content (AvgIpc) is 3.66. The van der Waals surface area contributed by atoms with Gasteiger partial charge in [-0.1, -0.05) is 44.0 Å². The predicted octanol–water partition coefficient (Wildman–Crippen LogP) is 6.38. The Morgan fingerprint density at radius 1 is 1.05 bits per heavy atom. The molecular formula is C30H29NO7. The first kappa shape index (κ1) is 25.2. The third kappa shape index (κ3) is 4.77. The number of carbonyl (C=O) groups is 2. The molecule has 0 saturated heterocycles. The minimum Gasteiger partial charge on any atom is -0.503 e. The second kappa shape index (κ2) is 10.9. The minimum absolute atomic E-state index is 0.0354. The molecular weight excluding hydrogens is 486 g/mol. The van der Waals surface area contributed by atoms with E-state index in [1.54, 1.807) is 42.5 Å². The highest BCUT2D eigenvalue weighted by Gasteiger charge is 2.45. The molecule has 0 fully saturated rings. The molecule has 1 N–H and O–H groups in total. The molecule has 2 aromatic heterocycles. The van der Waals surface area contributed by atoms with E-state index in [1.807, 2.05) is 18.2 Å². The van der Waals surface area contributed by atoms with Crippen molar-refractivity contribution < 1.29 is 33.0 Å². The van der Waals surface area contributed by atoms with Gasteiger partial charge >= 0.3 is 0 Å². The third-order valence-corrected chi connectivity index (χ3v) is 6.61. The number of ketones is 1. The zero-order valence-electron chi connectivity index (χ0n) is 21.3. The van der Waals surface area contributed by atoms with Crippen LogP contribution in [0.4, 0.5) is 0 Å². The average molecular weight is 516 g/mol. The molecule has 2 aromatic carbocycles. The quantitative estimate of drug-likeness (QED) is 0.183. The van der Waals surface area contributed by atoms with Crippen molar-refractivity contribution in [2.24, 2.45) is 0 Å². The summed E-state index contributed by atoms with van der Waals surface area (Å²) in [4.78, 5) is 28.5. The van der Waals surface area contributed by atoms with Gasteiger partial charge in [-0.05, 0) is 48.4 Å². The van der Waals surface area contributed by atoms with Gasteiger partial charge in [0.2, 0.25) is 5.78 Å². The van der Waals surface area contributed by atoms with E-state index in [1.165, 1.54) is 18.3 Å². The molecule has 0 radical (unpaired) electrons. The fourth-order valence-electron chi connectivity index (χ4n) is 4.70. The lowest BCUT2D eigenvalue weighted by Crippen LogP contribution is -2.30. The van der Waals surface area contributed by atoms with Gasteiger partial charge in [0.15, 0.2) is 23.0 Å². The molecule has 1 amide bonds. The van der Waals surface area contributed by atoms with Crippen LogP contribution in [-0.4, -0.2) is 35.4 Å². The molecule has 5 rings (SSSR count). The number of rotatable bonds is 11. The van der Waals surface area contributed by atoms with Gasteiger partial charge < -0.3 is 28.3 Å². The summed E-state index contributed by atoms with van der Waals surface area (Å²) in [6.07, 6.45) is 4.57. The summed E-state index contributed by atoms with van der Waals surface area (Å²) in [6.45, 7) is 2.72. The minimum atomic E-state index is -0.906. The Morgan fingerprint density at radius 2 is 1.89 bits per heavy atom. The number of para-hydroxylation sites is 1. The number of hydrogen-bond acceptors (Lipinski definition) is 7. The normalized spacial score (nSPS) is 15.5. The first-order valence-electron chi connectivity index (χ1n) is 12.6. The monoisotopic (exact) mass is 515 g/mol. The lowest BCUT2D eigenvalue weighted by atomic mass is 9.94. The van der Waals surface area contributed by atoms with Crippen LogP contribution in [0.5, 0.6) is 11.5 Å². The molecule has 0 spiro atoms. The van der Waals surface area contributed by atoms with Gasteiger partial charge in [-0.15, -0.1) is 0 Å². The van der Waals surface area contributed by atoms with Crippen molar-refractivity contribution in [2.75, 3.05) is 13.7 Å². The molecule has 8 heteroatoms. The van der Waals surface area contributed by atoms with Crippen LogP contribution in [0.15, 0.2) is 87.1 Å². The van der Waals surface area contributed by atoms with Gasteiger partial charge in [0.1, 0.15) is 11.3 Å². The van der Waals surface area contributed by atoms with Crippen molar-refractivity contribution in [3.8, 4) is 11.5 Å². The summed E-state index contributed by atoms with van der Waals surface area (Å²) < 4.78 is 22.8. The van der Waals surface area contributed by atoms with Crippen LogP contribution in [0.3, 0.4) is 0 Å². The topological polar surface area (TPSA) is 102 Å². The number of aliphatic hydroxyl groups excluding tert-OH is 1. The number of methoxy groups -OCH3 is 1. The fraction of sp³-hybridized carbons (Fsp3) is 0.267. The zero-order valence-corrected chi connectivity index (χ0v) is 21.3. The van der Waals surface area contributed by atoms with Crippen molar-refractivity contribution in [3.05, 3.63) is 95.3 Å². The highest BCUT2D eigenvalue weighted by molar-refractivity contribution is 6.16. The molecule has 0 saturated carbocycles. The molecule has 3 heterocycles. The van der Waals surface area contributed by atoms with Gasteiger partial charge in [0.05, 0.1) is 38.1 Å². The standard InChI is InChI=1S/C30H29NO7/c1-3-4-7-14-37-23-13-12-20(17-24(23)35-2)27-26(28(32)25-16-19-9-5-6-11-22(19)38-25)29(33)30(34)31(27)18-21-10-8-15-36-21/h5-6,8-13,15-17,27,33H,3-4,7,14,18H2,1-2H3. The van der Waals surface area contributed by atoms with Crippen LogP contribution >= 0.6 is 0 Å². The Morgan fingerprint density at radius 3 is 2.63 bits per heavy atom. The summed E-state index contributed by atoms with van der Waals surface area (Å²) in [5.41, 5.74) is 1.04.